The number of hydrogen-bond donors (Lipinski definition) is 3. The zero-order chi connectivity index (χ0) is 8.36. The van der Waals surface area contributed by atoms with E-state index in [1.807, 2.05) is 0 Å². The molecule has 1 atom stereocenters. The lowest BCUT2D eigenvalue weighted by molar-refractivity contribution is -0.138. The number of carboxylic acids is 1. The van der Waals surface area contributed by atoms with E-state index >= 15 is 0 Å². The molecule has 0 aliphatic heterocycles. The second-order valence-corrected chi connectivity index (χ2v) is 3.19. The van der Waals surface area contributed by atoms with E-state index in [9.17, 15) is 13.2 Å². The van der Waals surface area contributed by atoms with Crippen molar-refractivity contribution < 1.29 is 33.8 Å². The molecule has 0 heterocycles. The number of carbonyl (C=O) groups is 1. The van der Waals surface area contributed by atoms with Crippen molar-refractivity contribution in [2.24, 2.45) is 5.73 Å². The molecular formula is C3H11NO7S. The first kappa shape index (κ1) is 17.4. The summed E-state index contributed by atoms with van der Waals surface area (Å²) >= 11 is 0. The van der Waals surface area contributed by atoms with Gasteiger partial charge >= 0.3 is 5.97 Å². The van der Waals surface area contributed by atoms with Crippen LogP contribution in [0.2, 0.25) is 0 Å². The van der Waals surface area contributed by atoms with Crippen LogP contribution in [-0.4, -0.2) is 46.8 Å². The van der Waals surface area contributed by atoms with Gasteiger partial charge in [0.25, 0.3) is 10.1 Å². The molecule has 0 unspecified atom stereocenters. The van der Waals surface area contributed by atoms with E-state index in [4.69, 9.17) is 15.4 Å². The van der Waals surface area contributed by atoms with E-state index in [0.29, 0.717) is 0 Å². The highest BCUT2D eigenvalue weighted by Gasteiger charge is 2.18. The third-order valence-electron chi connectivity index (χ3n) is 0.707. The Morgan fingerprint density at radius 2 is 1.75 bits per heavy atom. The first-order chi connectivity index (χ1) is 4.33. The van der Waals surface area contributed by atoms with Crippen molar-refractivity contribution in [1.82, 2.24) is 0 Å². The second-order valence-electron chi connectivity index (χ2n) is 1.69. The summed E-state index contributed by atoms with van der Waals surface area (Å²) in [7, 11) is -4.27. The van der Waals surface area contributed by atoms with Crippen molar-refractivity contribution in [3.8, 4) is 0 Å². The molecule has 0 aromatic carbocycles. The van der Waals surface area contributed by atoms with E-state index in [2.05, 4.69) is 0 Å². The molecule has 0 aliphatic rings. The van der Waals surface area contributed by atoms with Crippen LogP contribution in [0.5, 0.6) is 0 Å². The van der Waals surface area contributed by atoms with E-state index < -0.39 is 27.9 Å². The number of aliphatic carboxylic acids is 1. The van der Waals surface area contributed by atoms with Gasteiger partial charge in [0.05, 0.1) is 0 Å². The van der Waals surface area contributed by atoms with Gasteiger partial charge < -0.3 is 21.8 Å². The Kier molecular flexibility index (Phi) is 8.47. The molecule has 0 saturated heterocycles. The molecule has 0 bridgehead atoms. The molecule has 0 aromatic heterocycles. The van der Waals surface area contributed by atoms with Gasteiger partial charge in [-0.1, -0.05) is 0 Å². The van der Waals surface area contributed by atoms with Crippen LogP contribution in [0.3, 0.4) is 0 Å². The number of nitrogens with two attached hydrogens (primary N) is 1. The van der Waals surface area contributed by atoms with Crippen molar-refractivity contribution in [3.63, 3.8) is 0 Å². The Hall–Kier alpha value is -0.740. The highest BCUT2D eigenvalue weighted by Crippen LogP contribution is 1.86. The van der Waals surface area contributed by atoms with Crippen LogP contribution >= 0.6 is 0 Å². The third kappa shape index (κ3) is 9.26. The summed E-state index contributed by atoms with van der Waals surface area (Å²) in [6.07, 6.45) is 0. The zero-order valence-electron chi connectivity index (χ0n) is 5.89. The minimum atomic E-state index is -4.27. The van der Waals surface area contributed by atoms with Gasteiger partial charge in [-0.25, -0.2) is 0 Å². The van der Waals surface area contributed by atoms with Crippen LogP contribution < -0.4 is 5.73 Å². The highest BCUT2D eigenvalue weighted by molar-refractivity contribution is 7.85. The summed E-state index contributed by atoms with van der Waals surface area (Å²) in [6, 6.07) is -1.56. The Morgan fingerprint density at radius 1 is 1.42 bits per heavy atom. The normalized spacial score (nSPS) is 12.2. The summed E-state index contributed by atoms with van der Waals surface area (Å²) in [4.78, 5) is 9.88. The molecule has 76 valence electrons. The van der Waals surface area contributed by atoms with Gasteiger partial charge in [0.15, 0.2) is 0 Å². The van der Waals surface area contributed by atoms with E-state index in [1.54, 1.807) is 0 Å². The molecule has 0 spiro atoms. The molecule has 0 aromatic rings. The van der Waals surface area contributed by atoms with Crippen LogP contribution in [0.25, 0.3) is 0 Å². The summed E-state index contributed by atoms with van der Waals surface area (Å²) in [5.74, 6) is -2.42. The van der Waals surface area contributed by atoms with Gasteiger partial charge in [-0.15, -0.1) is 0 Å². The predicted molar refractivity (Wildman–Crippen MR) is 39.3 cm³/mol. The maximum absolute atomic E-state index is 9.96. The lowest BCUT2D eigenvalue weighted by Crippen LogP contribution is -2.36. The van der Waals surface area contributed by atoms with Crippen LogP contribution in [0.1, 0.15) is 0 Å². The summed E-state index contributed by atoms with van der Waals surface area (Å²) in [6.45, 7) is 0. The number of rotatable bonds is 3. The van der Waals surface area contributed by atoms with Gasteiger partial charge in [-0.05, 0) is 0 Å². The van der Waals surface area contributed by atoms with Crippen molar-refractivity contribution in [3.05, 3.63) is 0 Å². The van der Waals surface area contributed by atoms with E-state index in [0.717, 1.165) is 0 Å². The second kappa shape index (κ2) is 5.85. The first-order valence-electron chi connectivity index (χ1n) is 2.26. The topological polar surface area (TPSA) is 181 Å². The molecule has 8 nitrogen and oxygen atoms in total. The van der Waals surface area contributed by atoms with Crippen molar-refractivity contribution >= 4 is 16.1 Å². The average molecular weight is 205 g/mol. The molecule has 0 saturated carbocycles. The first-order valence-corrected chi connectivity index (χ1v) is 3.87. The van der Waals surface area contributed by atoms with Gasteiger partial charge in [-0.3, -0.25) is 9.35 Å². The standard InChI is InChI=1S/C3H7NO5S.2H2O/c4-2(3(5)6)1-10(7,8)9;;/h2H,1,4H2,(H,5,6)(H,7,8,9);2*1H2/t2-;;/m0../s1. The molecule has 0 radical (unpaired) electrons. The molecule has 8 N–H and O–H groups in total. The molecular weight excluding hydrogens is 194 g/mol. The van der Waals surface area contributed by atoms with Gasteiger partial charge in [0.2, 0.25) is 0 Å². The lowest BCUT2D eigenvalue weighted by Gasteiger charge is -2.01. The largest absolute Gasteiger partial charge is 0.480 e. The van der Waals surface area contributed by atoms with Crippen LogP contribution in [0.15, 0.2) is 0 Å². The van der Waals surface area contributed by atoms with Crippen LogP contribution in [-0.2, 0) is 14.9 Å². The zero-order valence-corrected chi connectivity index (χ0v) is 6.71. The van der Waals surface area contributed by atoms with Gasteiger partial charge in [0.1, 0.15) is 11.8 Å². The van der Waals surface area contributed by atoms with Crippen LogP contribution in [0, 0.1) is 0 Å². The smallest absolute Gasteiger partial charge is 0.321 e. The molecule has 0 aliphatic carbocycles. The Bertz CT molecular complexity index is 221. The minimum absolute atomic E-state index is 0. The monoisotopic (exact) mass is 205 g/mol. The predicted octanol–water partition coefficient (Wildman–Crippen LogP) is -3.36. The number of hydrogen-bond acceptors (Lipinski definition) is 4. The van der Waals surface area contributed by atoms with Crippen molar-refractivity contribution in [1.29, 1.82) is 0 Å². The van der Waals surface area contributed by atoms with Gasteiger partial charge in [0, 0.05) is 0 Å². The molecule has 0 rings (SSSR count). The van der Waals surface area contributed by atoms with E-state index in [-0.39, 0.29) is 11.0 Å². The number of carboxylic acid groups (broad SMARTS) is 1. The molecule has 0 fully saturated rings. The average Bonchev–Trinajstić information content (AvgIpc) is 1.60. The Labute approximate surface area is 68.4 Å². The third-order valence-corrected chi connectivity index (χ3v) is 1.49. The highest BCUT2D eigenvalue weighted by atomic mass is 32.2. The molecule has 0 amide bonds. The molecule has 9 heteroatoms. The lowest BCUT2D eigenvalue weighted by atomic mass is 10.4. The van der Waals surface area contributed by atoms with Crippen molar-refractivity contribution in [2.45, 2.75) is 6.04 Å². The minimum Gasteiger partial charge on any atom is -0.480 e. The molecule has 12 heavy (non-hydrogen) atoms. The fourth-order valence-corrected chi connectivity index (χ4v) is 0.895. The summed E-state index contributed by atoms with van der Waals surface area (Å²) < 4.78 is 28.0. The Balaban J connectivity index is -0.000000405. The maximum Gasteiger partial charge on any atom is 0.321 e. The quantitative estimate of drug-likeness (QED) is 0.404. The van der Waals surface area contributed by atoms with E-state index in [1.165, 1.54) is 0 Å². The fraction of sp³-hybridized carbons (Fsp3) is 0.667. The van der Waals surface area contributed by atoms with Gasteiger partial charge in [-0.2, -0.15) is 8.42 Å². The van der Waals surface area contributed by atoms with Crippen LogP contribution in [0.4, 0.5) is 0 Å². The maximum atomic E-state index is 9.96. The fourth-order valence-electron chi connectivity index (χ4n) is 0.298. The SMILES string of the molecule is N[C@@H](CS(=O)(=O)O)C(=O)O.O.O. The Morgan fingerprint density at radius 3 is 1.83 bits per heavy atom. The summed E-state index contributed by atoms with van der Waals surface area (Å²) in [5, 5.41) is 8.04. The van der Waals surface area contributed by atoms with Crippen molar-refractivity contribution in [2.75, 3.05) is 5.75 Å². The summed E-state index contributed by atoms with van der Waals surface area (Å²) in [5.41, 5.74) is 4.76.